The highest BCUT2D eigenvalue weighted by Crippen LogP contribution is 2.76. The molecule has 0 bridgehead atoms. The number of nitrogens with one attached hydrogen (secondary N) is 3. The molecule has 1 aliphatic heterocycles. The molecule has 0 fully saturated rings. The third kappa shape index (κ3) is 7.39. The second-order valence-corrected chi connectivity index (χ2v) is 12.8. The quantitative estimate of drug-likeness (QED) is 0.228. The summed E-state index contributed by atoms with van der Waals surface area (Å²) in [4.78, 5) is 0. The van der Waals surface area contributed by atoms with Crippen LogP contribution in [-0.2, 0) is 14.2 Å². The van der Waals surface area contributed by atoms with E-state index in [9.17, 15) is 0 Å². The molecule has 0 saturated heterocycles. The largest absolute Gasteiger partial charge is 0.474 e. The molecule has 0 atom stereocenters. The van der Waals surface area contributed by atoms with Crippen molar-refractivity contribution in [3.63, 3.8) is 0 Å². The second kappa shape index (κ2) is 12.3. The van der Waals surface area contributed by atoms with E-state index >= 15 is 0 Å². The van der Waals surface area contributed by atoms with Crippen molar-refractivity contribution in [2.24, 2.45) is 27.8 Å². The van der Waals surface area contributed by atoms with Crippen molar-refractivity contribution >= 4 is 127 Å². The van der Waals surface area contributed by atoms with Crippen LogP contribution in [0.15, 0.2) is 27.8 Å². The Labute approximate surface area is 204 Å². The van der Waals surface area contributed by atoms with Crippen molar-refractivity contribution in [3.8, 4) is 0 Å². The monoisotopic (exact) mass is 579 g/mol. The highest BCUT2D eigenvalue weighted by molar-refractivity contribution is 7.89. The van der Waals surface area contributed by atoms with Gasteiger partial charge in [-0.1, -0.05) is 0 Å². The van der Waals surface area contributed by atoms with Crippen LogP contribution in [0.25, 0.3) is 0 Å². The molecule has 0 saturated carbocycles. The lowest BCUT2D eigenvalue weighted by atomic mass is 11.3. The van der Waals surface area contributed by atoms with E-state index in [1.54, 1.807) is 0 Å². The van der Waals surface area contributed by atoms with Crippen molar-refractivity contribution in [1.29, 1.82) is 0 Å². The molecule has 1 heterocycles. The van der Waals surface area contributed by atoms with Crippen LogP contribution in [0.1, 0.15) is 0 Å². The van der Waals surface area contributed by atoms with Crippen LogP contribution < -0.4 is 15.3 Å². The van der Waals surface area contributed by atoms with Gasteiger partial charge in [-0.25, -0.2) is 0 Å². The number of hydrogen-bond acceptors (Lipinski definition) is 15. The normalized spacial score (nSPS) is 26.1. The van der Waals surface area contributed by atoms with Gasteiger partial charge in [-0.15, -0.1) is 14.3 Å². The number of hydrogen-bond donors (Lipinski definition) is 3. The van der Waals surface area contributed by atoms with Crippen molar-refractivity contribution in [2.75, 3.05) is 21.3 Å². The number of rotatable bonds is 6. The highest BCUT2D eigenvalue weighted by atomic mass is 32.1. The van der Waals surface area contributed by atoms with Crippen molar-refractivity contribution in [2.45, 2.75) is 0 Å². The van der Waals surface area contributed by atoms with Crippen LogP contribution in [0, 0.1) is 0 Å². The maximum Gasteiger partial charge on any atom is 0.301 e. The number of methoxy groups -OCH3 is 3. The smallest absolute Gasteiger partial charge is 0.301 e. The molecule has 30 heavy (non-hydrogen) atoms. The Bertz CT molecular complexity index is 923. The number of ether oxygens (including phenoxy) is 3. The van der Waals surface area contributed by atoms with Gasteiger partial charge >= 0.3 is 22.5 Å². The average Bonchev–Trinajstić information content (AvgIpc) is 2.67. The molecule has 0 radical (unpaired) electrons. The van der Waals surface area contributed by atoms with Crippen LogP contribution in [0.3, 0.4) is 0 Å². The lowest BCUT2D eigenvalue weighted by molar-refractivity contribution is 0.403. The second-order valence-electron chi connectivity index (χ2n) is 4.36. The number of nitrogens with zero attached hydrogens (tertiary/aromatic N) is 6. The van der Waals surface area contributed by atoms with E-state index in [1.165, 1.54) is 21.3 Å². The van der Waals surface area contributed by atoms with Gasteiger partial charge in [0.15, 0.2) is 0 Å². The van der Waals surface area contributed by atoms with Gasteiger partial charge in [-0.2, -0.15) is 13.5 Å². The molecule has 0 aromatic carbocycles. The molecule has 1 rings (SSSR count). The first-order valence-electron chi connectivity index (χ1n) is 6.95. The molecule has 0 spiro atoms. The lowest BCUT2D eigenvalue weighted by Gasteiger charge is -2.29. The summed E-state index contributed by atoms with van der Waals surface area (Å²) in [6.45, 7) is 0. The zero-order chi connectivity index (χ0) is 22.8. The Hall–Kier alpha value is -0.840. The summed E-state index contributed by atoms with van der Waals surface area (Å²) in [5.74, 6) is 0. The van der Waals surface area contributed by atoms with Gasteiger partial charge in [0.05, 0.1) is 36.8 Å². The van der Waals surface area contributed by atoms with Gasteiger partial charge in [-0.05, 0) is 73.3 Å². The first-order valence-corrected chi connectivity index (χ1v) is 14.3. The van der Waals surface area contributed by atoms with Crippen LogP contribution in [0.2, 0.25) is 0 Å². The molecule has 0 aromatic heterocycles. The van der Waals surface area contributed by atoms with Gasteiger partial charge in [0, 0.05) is 0 Å². The SMILES string of the molecule is COC(=S)NP1(N=C=S)=NP(N=C=S)(NC(=S)OC)=NP(N=C=S)(NC(=S)OC)=N1. The first-order chi connectivity index (χ1) is 14.2. The molecule has 12 nitrogen and oxygen atoms in total. The molecule has 21 heteroatoms. The van der Waals surface area contributed by atoms with Crippen molar-refractivity contribution in [1.82, 2.24) is 15.3 Å². The minimum atomic E-state index is -3.47. The Morgan fingerprint density at radius 1 is 0.633 bits per heavy atom. The van der Waals surface area contributed by atoms with E-state index in [0.29, 0.717) is 0 Å². The molecule has 162 valence electrons. The number of isothiocyanates is 3. The Balaban J connectivity index is 4.17. The summed E-state index contributed by atoms with van der Waals surface area (Å²) < 4.78 is 40.9. The topological polar surface area (TPSA) is 138 Å². The van der Waals surface area contributed by atoms with Gasteiger partial charge in [-0.3, -0.25) is 15.3 Å². The van der Waals surface area contributed by atoms with E-state index in [1.807, 2.05) is 0 Å². The van der Waals surface area contributed by atoms with Gasteiger partial charge in [0.1, 0.15) is 0 Å². The molecule has 0 aliphatic carbocycles. The van der Waals surface area contributed by atoms with E-state index in [0.717, 1.165) is 0 Å². The Morgan fingerprint density at radius 3 is 1.03 bits per heavy atom. The van der Waals surface area contributed by atoms with Gasteiger partial charge < -0.3 is 14.2 Å². The Kier molecular flexibility index (Phi) is 11.1. The average molecular weight is 580 g/mol. The van der Waals surface area contributed by atoms with Crippen LogP contribution in [0.4, 0.5) is 0 Å². The fraction of sp³-hybridized carbons (Fsp3) is 0.333. The highest BCUT2D eigenvalue weighted by Gasteiger charge is 2.40. The van der Waals surface area contributed by atoms with E-state index in [4.69, 9.17) is 87.5 Å². The predicted octanol–water partition coefficient (Wildman–Crippen LogP) is 4.71. The minimum Gasteiger partial charge on any atom is -0.474 e. The summed E-state index contributed by atoms with van der Waals surface area (Å²) in [5.41, 5.74) is 0. The minimum absolute atomic E-state index is 0.0933. The molecule has 1 aliphatic rings. The summed E-state index contributed by atoms with van der Waals surface area (Å²) >= 11 is 29.6. The lowest BCUT2D eigenvalue weighted by Crippen LogP contribution is -2.24. The molecule has 0 aromatic rings. The van der Waals surface area contributed by atoms with Crippen LogP contribution in [-0.4, -0.2) is 52.3 Å². The van der Waals surface area contributed by atoms with Crippen molar-refractivity contribution < 1.29 is 14.2 Å². The summed E-state index contributed by atoms with van der Waals surface area (Å²) in [6, 6.07) is 0. The fourth-order valence-electron chi connectivity index (χ4n) is 1.58. The Morgan fingerprint density at radius 2 is 0.867 bits per heavy atom. The maximum absolute atomic E-state index is 5.09. The third-order valence-electron chi connectivity index (χ3n) is 2.57. The third-order valence-corrected chi connectivity index (χ3v) is 13.1. The molecule has 0 amide bonds. The van der Waals surface area contributed by atoms with E-state index in [-0.39, 0.29) is 15.5 Å². The molecule has 0 unspecified atom stereocenters. The summed E-state index contributed by atoms with van der Waals surface area (Å²) in [5, 5.41) is 14.8. The van der Waals surface area contributed by atoms with Crippen LogP contribution in [0.5, 0.6) is 0 Å². The van der Waals surface area contributed by atoms with Crippen LogP contribution >= 0.6 is 95.8 Å². The summed E-state index contributed by atoms with van der Waals surface area (Å²) in [7, 11) is -6.38. The molecular weight excluding hydrogens is 567 g/mol. The zero-order valence-corrected chi connectivity index (χ0v) is 22.8. The maximum atomic E-state index is 5.09. The zero-order valence-electron chi connectivity index (χ0n) is 15.2. The first kappa shape index (κ1) is 27.2. The van der Waals surface area contributed by atoms with Gasteiger partial charge in [0.2, 0.25) is 0 Å². The predicted molar refractivity (Wildman–Crippen MR) is 141 cm³/mol. The van der Waals surface area contributed by atoms with Crippen molar-refractivity contribution in [3.05, 3.63) is 0 Å². The van der Waals surface area contributed by atoms with E-state index < -0.39 is 22.5 Å². The standard InChI is InChI=1S/C9H12N9O3P3S6/c1-19-7(28)13-22(10-4-25)16-23(11-5-26,14-8(29)20-2)18-24(17-22,12-6-27)15-9(30)21-3/h1-3H3,(H,13,28)(H,14,29)(H,15,30). The summed E-state index contributed by atoms with van der Waals surface area (Å²) in [6.07, 6.45) is 0. The molecule has 3 N–H and O–H groups in total. The van der Waals surface area contributed by atoms with E-state index in [2.05, 4.69) is 58.6 Å². The number of thiocarbonyl (C=S) groups is 6. The molecular formula is C9H12N9O3P3S6. The fourth-order valence-corrected chi connectivity index (χ4v) is 12.8. The van der Waals surface area contributed by atoms with Gasteiger partial charge in [0.25, 0.3) is 15.5 Å².